The maximum absolute atomic E-state index is 13.3. The first kappa shape index (κ1) is 25.5. The third-order valence-corrected chi connectivity index (χ3v) is 6.67. The van der Waals surface area contributed by atoms with Crippen LogP contribution in [0.5, 0.6) is 0 Å². The molecular formula is C30H37N3O3. The van der Waals surface area contributed by atoms with E-state index < -0.39 is 5.60 Å². The zero-order valence-corrected chi connectivity index (χ0v) is 21.9. The molecule has 4 rings (SSSR count). The van der Waals surface area contributed by atoms with Crippen LogP contribution < -0.4 is 10.6 Å². The summed E-state index contributed by atoms with van der Waals surface area (Å²) in [6.45, 7) is 10.9. The minimum Gasteiger partial charge on any atom is -0.444 e. The van der Waals surface area contributed by atoms with Gasteiger partial charge in [-0.15, -0.1) is 0 Å². The van der Waals surface area contributed by atoms with Gasteiger partial charge in [-0.05, 0) is 81.5 Å². The van der Waals surface area contributed by atoms with E-state index >= 15 is 0 Å². The Kier molecular flexibility index (Phi) is 7.53. The van der Waals surface area contributed by atoms with Gasteiger partial charge in [-0.3, -0.25) is 4.79 Å². The van der Waals surface area contributed by atoms with Gasteiger partial charge >= 0.3 is 6.09 Å². The van der Waals surface area contributed by atoms with Crippen molar-refractivity contribution in [3.05, 3.63) is 77.4 Å². The van der Waals surface area contributed by atoms with Crippen LogP contribution in [-0.2, 0) is 4.74 Å². The number of anilines is 1. The number of hydrogen-bond acceptors (Lipinski definition) is 4. The van der Waals surface area contributed by atoms with Gasteiger partial charge in [0, 0.05) is 24.3 Å². The number of carbonyl (C=O) groups is 2. The molecule has 1 fully saturated rings. The van der Waals surface area contributed by atoms with Crippen molar-refractivity contribution in [1.82, 2.24) is 10.2 Å². The SMILES string of the molecule is Cc1ccc(NC[C@@H]2CCCN2C(=O)OC(C)(C)C)cc1C(=O)N[C@H](C)c1cccc2ccccc12. The Morgan fingerprint density at radius 1 is 1.08 bits per heavy atom. The summed E-state index contributed by atoms with van der Waals surface area (Å²) in [5.41, 5.74) is 3.00. The largest absolute Gasteiger partial charge is 0.444 e. The first-order valence-electron chi connectivity index (χ1n) is 12.7. The molecule has 190 valence electrons. The second-order valence-electron chi connectivity index (χ2n) is 10.6. The zero-order valence-electron chi connectivity index (χ0n) is 21.9. The molecule has 1 aliphatic heterocycles. The highest BCUT2D eigenvalue weighted by molar-refractivity contribution is 5.97. The molecule has 6 nitrogen and oxygen atoms in total. The van der Waals surface area contributed by atoms with Gasteiger partial charge in [0.25, 0.3) is 5.91 Å². The van der Waals surface area contributed by atoms with E-state index in [1.165, 1.54) is 0 Å². The van der Waals surface area contributed by atoms with Crippen LogP contribution in [0.4, 0.5) is 10.5 Å². The second kappa shape index (κ2) is 10.6. The number of amides is 2. The van der Waals surface area contributed by atoms with Gasteiger partial charge in [-0.25, -0.2) is 4.79 Å². The Balaban J connectivity index is 1.43. The Morgan fingerprint density at radius 3 is 2.61 bits per heavy atom. The second-order valence-corrected chi connectivity index (χ2v) is 10.6. The molecule has 3 aromatic carbocycles. The van der Waals surface area contributed by atoms with Crippen molar-refractivity contribution in [2.75, 3.05) is 18.4 Å². The molecule has 0 unspecified atom stereocenters. The molecule has 1 heterocycles. The summed E-state index contributed by atoms with van der Waals surface area (Å²) < 4.78 is 5.58. The van der Waals surface area contributed by atoms with Gasteiger partial charge in [-0.1, -0.05) is 48.5 Å². The minimum atomic E-state index is -0.514. The lowest BCUT2D eigenvalue weighted by atomic mass is 9.99. The molecule has 6 heteroatoms. The fourth-order valence-electron chi connectivity index (χ4n) is 4.80. The predicted molar refractivity (Wildman–Crippen MR) is 145 cm³/mol. The maximum atomic E-state index is 13.3. The van der Waals surface area contributed by atoms with E-state index in [1.54, 1.807) is 0 Å². The summed E-state index contributed by atoms with van der Waals surface area (Å²) in [5, 5.41) is 8.92. The van der Waals surface area contributed by atoms with E-state index in [1.807, 2.05) is 75.9 Å². The molecule has 0 bridgehead atoms. The van der Waals surface area contributed by atoms with Crippen LogP contribution in [0.25, 0.3) is 10.8 Å². The third-order valence-electron chi connectivity index (χ3n) is 6.67. The molecule has 0 spiro atoms. The normalized spacial score (nSPS) is 16.6. The molecule has 2 atom stereocenters. The summed E-state index contributed by atoms with van der Waals surface area (Å²) in [4.78, 5) is 27.7. The molecule has 1 saturated heterocycles. The van der Waals surface area contributed by atoms with Crippen LogP contribution in [-0.4, -0.2) is 41.6 Å². The van der Waals surface area contributed by atoms with Crippen LogP contribution in [0.15, 0.2) is 60.7 Å². The lowest BCUT2D eigenvalue weighted by Crippen LogP contribution is -2.42. The molecule has 0 aromatic heterocycles. The molecule has 2 amide bonds. The van der Waals surface area contributed by atoms with Crippen molar-refractivity contribution >= 4 is 28.5 Å². The number of hydrogen-bond donors (Lipinski definition) is 2. The first-order chi connectivity index (χ1) is 17.1. The van der Waals surface area contributed by atoms with Gasteiger partial charge in [0.05, 0.1) is 12.1 Å². The Labute approximate surface area is 214 Å². The number of ether oxygens (including phenoxy) is 1. The molecular weight excluding hydrogens is 450 g/mol. The molecule has 2 N–H and O–H groups in total. The zero-order chi connectivity index (χ0) is 25.9. The molecule has 3 aromatic rings. The monoisotopic (exact) mass is 487 g/mol. The van der Waals surface area contributed by atoms with Gasteiger partial charge in [-0.2, -0.15) is 0 Å². The van der Waals surface area contributed by atoms with Crippen LogP contribution >= 0.6 is 0 Å². The lowest BCUT2D eigenvalue weighted by molar-refractivity contribution is 0.0235. The fourth-order valence-corrected chi connectivity index (χ4v) is 4.80. The summed E-state index contributed by atoms with van der Waals surface area (Å²) in [5.74, 6) is -0.104. The molecule has 1 aliphatic rings. The topological polar surface area (TPSA) is 70.7 Å². The third kappa shape index (κ3) is 5.99. The molecule has 0 saturated carbocycles. The minimum absolute atomic E-state index is 0.0600. The van der Waals surface area contributed by atoms with E-state index in [-0.39, 0.29) is 24.1 Å². The molecule has 0 aliphatic carbocycles. The van der Waals surface area contributed by atoms with Crippen LogP contribution in [0, 0.1) is 6.92 Å². The van der Waals surface area contributed by atoms with E-state index in [9.17, 15) is 9.59 Å². The van der Waals surface area contributed by atoms with E-state index in [0.29, 0.717) is 18.7 Å². The number of likely N-dealkylation sites (tertiary alicyclic amines) is 1. The van der Waals surface area contributed by atoms with Crippen LogP contribution in [0.2, 0.25) is 0 Å². The summed E-state index contributed by atoms with van der Waals surface area (Å²) in [7, 11) is 0. The quantitative estimate of drug-likeness (QED) is 0.419. The van der Waals surface area contributed by atoms with Crippen LogP contribution in [0.1, 0.15) is 68.1 Å². The Bertz CT molecular complexity index is 1240. The van der Waals surface area contributed by atoms with Crippen molar-refractivity contribution in [2.45, 2.75) is 65.1 Å². The van der Waals surface area contributed by atoms with Gasteiger partial charge in [0.2, 0.25) is 0 Å². The van der Waals surface area contributed by atoms with Gasteiger partial charge in [0.1, 0.15) is 5.60 Å². The highest BCUT2D eigenvalue weighted by atomic mass is 16.6. The smallest absolute Gasteiger partial charge is 0.410 e. The lowest BCUT2D eigenvalue weighted by Gasteiger charge is -2.29. The Morgan fingerprint density at radius 2 is 1.83 bits per heavy atom. The van der Waals surface area contributed by atoms with E-state index in [2.05, 4.69) is 34.9 Å². The average Bonchev–Trinajstić information content (AvgIpc) is 3.31. The number of aryl methyl sites for hydroxylation is 1. The number of carbonyl (C=O) groups excluding carboxylic acids is 2. The number of nitrogens with zero attached hydrogens (tertiary/aromatic N) is 1. The van der Waals surface area contributed by atoms with E-state index in [4.69, 9.17) is 4.74 Å². The first-order valence-corrected chi connectivity index (χ1v) is 12.7. The number of benzene rings is 3. The standard InChI is InChI=1S/C30H37N3O3/c1-20-15-16-23(31-19-24-12-9-17-33(24)29(35)36-30(3,4)5)18-27(20)28(34)32-21(2)25-14-8-11-22-10-6-7-13-26(22)25/h6-8,10-11,13-16,18,21,24,31H,9,12,17,19H2,1-5H3,(H,32,34)/t21-,24+/m1/s1. The summed E-state index contributed by atoms with van der Waals surface area (Å²) >= 11 is 0. The van der Waals surface area contributed by atoms with Crippen molar-refractivity contribution in [1.29, 1.82) is 0 Å². The van der Waals surface area contributed by atoms with Gasteiger partial charge < -0.3 is 20.3 Å². The highest BCUT2D eigenvalue weighted by Crippen LogP contribution is 2.26. The van der Waals surface area contributed by atoms with Gasteiger partial charge in [0.15, 0.2) is 0 Å². The summed E-state index contributed by atoms with van der Waals surface area (Å²) in [6.07, 6.45) is 1.62. The van der Waals surface area contributed by atoms with E-state index in [0.717, 1.165) is 40.4 Å². The predicted octanol–water partition coefficient (Wildman–Crippen LogP) is 6.45. The van der Waals surface area contributed by atoms with Crippen molar-refractivity contribution in [2.24, 2.45) is 0 Å². The maximum Gasteiger partial charge on any atom is 0.410 e. The molecule has 0 radical (unpaired) electrons. The number of fused-ring (bicyclic) bond motifs is 1. The highest BCUT2D eigenvalue weighted by Gasteiger charge is 2.32. The summed E-state index contributed by atoms with van der Waals surface area (Å²) in [6, 6.07) is 20.2. The van der Waals surface area contributed by atoms with Crippen LogP contribution in [0.3, 0.4) is 0 Å². The van der Waals surface area contributed by atoms with Crippen molar-refractivity contribution < 1.29 is 14.3 Å². The number of rotatable bonds is 6. The van der Waals surface area contributed by atoms with Crippen molar-refractivity contribution in [3.8, 4) is 0 Å². The average molecular weight is 488 g/mol. The number of nitrogens with one attached hydrogen (secondary N) is 2. The van der Waals surface area contributed by atoms with Crippen molar-refractivity contribution in [3.63, 3.8) is 0 Å². The Hall–Kier alpha value is -3.54. The fraction of sp³-hybridized carbons (Fsp3) is 0.400. The molecule has 36 heavy (non-hydrogen) atoms.